The topological polar surface area (TPSA) is 12.9 Å². The molecule has 0 unspecified atom stereocenters. The summed E-state index contributed by atoms with van der Waals surface area (Å²) in [5, 5.41) is 1.14. The second-order valence-electron chi connectivity index (χ2n) is 3.36. The van der Waals surface area contributed by atoms with Crippen LogP contribution in [0.4, 0.5) is 0 Å². The van der Waals surface area contributed by atoms with Crippen molar-refractivity contribution in [2.24, 2.45) is 0 Å². The van der Waals surface area contributed by atoms with E-state index in [0.29, 0.717) is 0 Å². The highest BCUT2D eigenvalue weighted by Crippen LogP contribution is 2.15. The summed E-state index contributed by atoms with van der Waals surface area (Å²) in [6.07, 6.45) is 0. The quantitative estimate of drug-likeness (QED) is 0.543. The minimum Gasteiger partial charge on any atom is -0.253 e. The molecule has 2 heteroatoms. The van der Waals surface area contributed by atoms with Gasteiger partial charge in [-0.1, -0.05) is 17.6 Å². The van der Waals surface area contributed by atoms with E-state index < -0.39 is 0 Å². The number of rotatable bonds is 0. The maximum Gasteiger partial charge on any atom is 0.113 e. The minimum atomic E-state index is 0.793. The Balaban J connectivity index is 2.87. The average molecular weight is 167 g/mol. The van der Waals surface area contributed by atoms with Gasteiger partial charge in [0.05, 0.1) is 5.52 Å². The van der Waals surface area contributed by atoms with E-state index in [1.54, 1.807) is 0 Å². The van der Waals surface area contributed by atoms with Gasteiger partial charge in [0.25, 0.3) is 0 Å². The lowest BCUT2D eigenvalue weighted by atomic mass is 9.93. The van der Waals surface area contributed by atoms with Crippen LogP contribution >= 0.6 is 0 Å². The molecule has 0 spiro atoms. The van der Waals surface area contributed by atoms with E-state index >= 15 is 0 Å². The van der Waals surface area contributed by atoms with Gasteiger partial charge >= 0.3 is 0 Å². The van der Waals surface area contributed by atoms with Gasteiger partial charge in [-0.25, -0.2) is 0 Å². The van der Waals surface area contributed by atoms with Gasteiger partial charge in [0, 0.05) is 11.1 Å². The van der Waals surface area contributed by atoms with E-state index in [4.69, 9.17) is 7.85 Å². The monoisotopic (exact) mass is 167 g/mol. The van der Waals surface area contributed by atoms with Gasteiger partial charge in [0.2, 0.25) is 0 Å². The van der Waals surface area contributed by atoms with Crippen LogP contribution in [0.3, 0.4) is 0 Å². The second-order valence-corrected chi connectivity index (χ2v) is 3.36. The number of pyridine rings is 1. The van der Waals surface area contributed by atoms with Crippen molar-refractivity contribution in [1.82, 2.24) is 4.98 Å². The van der Waals surface area contributed by atoms with Gasteiger partial charge in [-0.15, -0.1) is 0 Å². The number of benzene rings is 1. The number of fused-ring (bicyclic) bond motifs is 1. The van der Waals surface area contributed by atoms with Crippen molar-refractivity contribution >= 4 is 24.2 Å². The third-order valence-corrected chi connectivity index (χ3v) is 2.17. The number of hydrogen-bond donors (Lipinski definition) is 0. The highest BCUT2D eigenvalue weighted by Gasteiger charge is 1.99. The third-order valence-electron chi connectivity index (χ3n) is 2.17. The molecule has 0 N–H and O–H groups in total. The van der Waals surface area contributed by atoms with Gasteiger partial charge < -0.3 is 0 Å². The molecular formula is C11H10BN. The molecule has 0 aliphatic heterocycles. The molecule has 2 radical (unpaired) electrons. The fourth-order valence-corrected chi connectivity index (χ4v) is 1.58. The highest BCUT2D eigenvalue weighted by molar-refractivity contribution is 6.33. The Morgan fingerprint density at radius 1 is 1.15 bits per heavy atom. The third kappa shape index (κ3) is 1.44. The molecule has 0 amide bonds. The molecule has 2 aromatic rings. The van der Waals surface area contributed by atoms with Crippen molar-refractivity contribution in [3.05, 3.63) is 35.5 Å². The van der Waals surface area contributed by atoms with Gasteiger partial charge in [0.1, 0.15) is 7.85 Å². The van der Waals surface area contributed by atoms with Crippen LogP contribution < -0.4 is 5.46 Å². The molecule has 1 nitrogen and oxygen atoms in total. The summed E-state index contributed by atoms with van der Waals surface area (Å²) in [6, 6.07) is 7.89. The lowest BCUT2D eigenvalue weighted by molar-refractivity contribution is 1.23. The lowest BCUT2D eigenvalue weighted by Crippen LogP contribution is -2.01. The molecular weight excluding hydrogens is 157 g/mol. The molecule has 2 rings (SSSR count). The van der Waals surface area contributed by atoms with E-state index in [2.05, 4.69) is 18.0 Å². The number of aryl methyl sites for hydroxylation is 2. The SMILES string of the molecule is [B]c1ccc2nc(C)cc(C)c2c1. The maximum absolute atomic E-state index is 5.70. The van der Waals surface area contributed by atoms with Gasteiger partial charge in [-0.2, -0.15) is 0 Å². The summed E-state index contributed by atoms with van der Waals surface area (Å²) in [5.41, 5.74) is 4.09. The predicted molar refractivity (Wildman–Crippen MR) is 56.6 cm³/mol. The summed E-state index contributed by atoms with van der Waals surface area (Å²) in [5.74, 6) is 0. The first-order valence-corrected chi connectivity index (χ1v) is 4.30. The van der Waals surface area contributed by atoms with E-state index in [9.17, 15) is 0 Å². The normalized spacial score (nSPS) is 10.6. The van der Waals surface area contributed by atoms with Crippen LogP contribution in [0, 0.1) is 13.8 Å². The van der Waals surface area contributed by atoms with E-state index in [1.807, 2.05) is 25.1 Å². The summed E-state index contributed by atoms with van der Waals surface area (Å²) in [6.45, 7) is 4.08. The molecule has 0 bridgehead atoms. The zero-order chi connectivity index (χ0) is 9.42. The van der Waals surface area contributed by atoms with Crippen molar-refractivity contribution in [2.75, 3.05) is 0 Å². The standard InChI is InChI=1S/C11H10BN/c1-7-5-8(2)13-11-4-3-9(12)6-10(7)11/h3-6H,1-2H3. The van der Waals surface area contributed by atoms with Crippen molar-refractivity contribution in [1.29, 1.82) is 0 Å². The van der Waals surface area contributed by atoms with E-state index in [0.717, 1.165) is 22.1 Å². The zero-order valence-electron chi connectivity index (χ0n) is 7.83. The zero-order valence-corrected chi connectivity index (χ0v) is 7.83. The molecule has 0 aliphatic carbocycles. The van der Waals surface area contributed by atoms with Gasteiger partial charge in [-0.3, -0.25) is 4.98 Å². The van der Waals surface area contributed by atoms with Gasteiger partial charge in [-0.05, 0) is 31.5 Å². The van der Waals surface area contributed by atoms with Crippen molar-refractivity contribution in [3.8, 4) is 0 Å². The molecule has 1 aromatic heterocycles. The summed E-state index contributed by atoms with van der Waals surface area (Å²) >= 11 is 0. The van der Waals surface area contributed by atoms with Crippen LogP contribution in [0.1, 0.15) is 11.3 Å². The van der Waals surface area contributed by atoms with Crippen LogP contribution in [-0.2, 0) is 0 Å². The molecule has 0 saturated carbocycles. The van der Waals surface area contributed by atoms with Crippen LogP contribution in [0.15, 0.2) is 24.3 Å². The fourth-order valence-electron chi connectivity index (χ4n) is 1.58. The Morgan fingerprint density at radius 3 is 2.69 bits per heavy atom. The lowest BCUT2D eigenvalue weighted by Gasteiger charge is -2.04. The second kappa shape index (κ2) is 2.88. The van der Waals surface area contributed by atoms with Crippen LogP contribution in [0.2, 0.25) is 0 Å². The molecule has 0 atom stereocenters. The Bertz CT molecular complexity index is 463. The molecule has 1 heterocycles. The Labute approximate surface area is 79.2 Å². The first-order valence-electron chi connectivity index (χ1n) is 4.30. The number of aromatic nitrogens is 1. The molecule has 0 aliphatic rings. The van der Waals surface area contributed by atoms with Crippen molar-refractivity contribution in [3.63, 3.8) is 0 Å². The van der Waals surface area contributed by atoms with E-state index in [1.165, 1.54) is 5.56 Å². The van der Waals surface area contributed by atoms with Crippen LogP contribution in [-0.4, -0.2) is 12.8 Å². The summed E-state index contributed by atoms with van der Waals surface area (Å²) in [4.78, 5) is 4.42. The first-order chi connectivity index (χ1) is 6.16. The largest absolute Gasteiger partial charge is 0.253 e. The van der Waals surface area contributed by atoms with Crippen LogP contribution in [0.25, 0.3) is 10.9 Å². The first kappa shape index (κ1) is 8.30. The molecule has 13 heavy (non-hydrogen) atoms. The minimum absolute atomic E-state index is 0.793. The average Bonchev–Trinajstić information content (AvgIpc) is 2.06. The Kier molecular flexibility index (Phi) is 1.84. The molecule has 1 aromatic carbocycles. The number of hydrogen-bond acceptors (Lipinski definition) is 1. The summed E-state index contributed by atoms with van der Waals surface area (Å²) < 4.78 is 0. The van der Waals surface area contributed by atoms with Crippen LogP contribution in [0.5, 0.6) is 0 Å². The Morgan fingerprint density at radius 2 is 1.92 bits per heavy atom. The molecule has 0 saturated heterocycles. The Hall–Kier alpha value is -1.31. The smallest absolute Gasteiger partial charge is 0.113 e. The fraction of sp³-hybridized carbons (Fsp3) is 0.182. The maximum atomic E-state index is 5.70. The van der Waals surface area contributed by atoms with Crippen molar-refractivity contribution < 1.29 is 0 Å². The highest BCUT2D eigenvalue weighted by atomic mass is 14.7. The van der Waals surface area contributed by atoms with E-state index in [-0.39, 0.29) is 0 Å². The molecule has 0 fully saturated rings. The molecule has 62 valence electrons. The van der Waals surface area contributed by atoms with Crippen molar-refractivity contribution in [2.45, 2.75) is 13.8 Å². The summed E-state index contributed by atoms with van der Waals surface area (Å²) in [7, 11) is 5.70. The van der Waals surface area contributed by atoms with Gasteiger partial charge in [0.15, 0.2) is 0 Å². The predicted octanol–water partition coefficient (Wildman–Crippen LogP) is 1.65. The number of nitrogens with zero attached hydrogens (tertiary/aromatic N) is 1.